The van der Waals surface area contributed by atoms with Crippen LogP contribution in [0.1, 0.15) is 19.4 Å². The Morgan fingerprint density at radius 1 is 1.35 bits per heavy atom. The number of nitrogens with one attached hydrogen (secondary N) is 1. The van der Waals surface area contributed by atoms with E-state index >= 15 is 0 Å². The predicted molar refractivity (Wildman–Crippen MR) is 78.3 cm³/mol. The average Bonchev–Trinajstić information content (AvgIpc) is 2.37. The molecule has 110 valence electrons. The number of benzene rings is 1. The minimum atomic E-state index is -0.115. The smallest absolute Gasteiger partial charge is 0.322 e. The molecule has 0 spiro atoms. The third-order valence-electron chi connectivity index (χ3n) is 3.30. The number of aryl methyl sites for hydroxylation is 1. The van der Waals surface area contributed by atoms with Crippen molar-refractivity contribution >= 4 is 11.7 Å². The van der Waals surface area contributed by atoms with Crippen molar-refractivity contribution in [1.82, 2.24) is 4.90 Å². The Morgan fingerprint density at radius 2 is 2.00 bits per heavy atom. The van der Waals surface area contributed by atoms with Gasteiger partial charge in [-0.3, -0.25) is 0 Å². The summed E-state index contributed by atoms with van der Waals surface area (Å²) in [7, 11) is 1.60. The van der Waals surface area contributed by atoms with Crippen LogP contribution in [0.5, 0.6) is 5.75 Å². The summed E-state index contributed by atoms with van der Waals surface area (Å²) in [6.45, 7) is 7.13. The lowest BCUT2D eigenvalue weighted by Gasteiger charge is -2.35. The molecule has 1 aliphatic rings. The molecule has 0 radical (unpaired) electrons. The van der Waals surface area contributed by atoms with Gasteiger partial charge in [0.15, 0.2) is 0 Å². The number of rotatable bonds is 2. The number of carbonyl (C=O) groups is 1. The zero-order valence-corrected chi connectivity index (χ0v) is 12.5. The molecule has 0 aromatic heterocycles. The first-order valence-corrected chi connectivity index (χ1v) is 6.85. The van der Waals surface area contributed by atoms with Crippen LogP contribution in [0.4, 0.5) is 10.5 Å². The lowest BCUT2D eigenvalue weighted by Crippen LogP contribution is -2.49. The van der Waals surface area contributed by atoms with E-state index in [1.54, 1.807) is 12.0 Å². The largest absolute Gasteiger partial charge is 0.495 e. The maximum absolute atomic E-state index is 12.3. The average molecular weight is 278 g/mol. The number of hydrogen-bond donors (Lipinski definition) is 1. The van der Waals surface area contributed by atoms with Gasteiger partial charge in [-0.15, -0.1) is 0 Å². The van der Waals surface area contributed by atoms with E-state index in [-0.39, 0.29) is 18.2 Å². The van der Waals surface area contributed by atoms with Crippen LogP contribution in [0.25, 0.3) is 0 Å². The minimum Gasteiger partial charge on any atom is -0.495 e. The molecule has 5 nitrogen and oxygen atoms in total. The number of ether oxygens (including phenoxy) is 2. The molecule has 2 atom stereocenters. The van der Waals surface area contributed by atoms with Crippen LogP contribution in [-0.2, 0) is 4.74 Å². The van der Waals surface area contributed by atoms with E-state index in [0.717, 1.165) is 5.56 Å². The highest BCUT2D eigenvalue weighted by Gasteiger charge is 2.26. The van der Waals surface area contributed by atoms with Gasteiger partial charge in [-0.05, 0) is 38.5 Å². The first kappa shape index (κ1) is 14.7. The van der Waals surface area contributed by atoms with Crippen molar-refractivity contribution in [2.24, 2.45) is 0 Å². The van der Waals surface area contributed by atoms with Crippen molar-refractivity contribution in [3.8, 4) is 5.75 Å². The van der Waals surface area contributed by atoms with E-state index in [9.17, 15) is 4.79 Å². The SMILES string of the molecule is COc1ccc(C)cc1NC(=O)N1C[C@H](C)O[C@@H](C)C1. The molecule has 0 aliphatic carbocycles. The number of carbonyl (C=O) groups excluding carboxylic acids is 1. The molecule has 1 aromatic rings. The number of methoxy groups -OCH3 is 1. The summed E-state index contributed by atoms with van der Waals surface area (Å²) in [5, 5.41) is 2.92. The summed E-state index contributed by atoms with van der Waals surface area (Å²) >= 11 is 0. The third kappa shape index (κ3) is 3.42. The second kappa shape index (κ2) is 6.13. The minimum absolute atomic E-state index is 0.0592. The van der Waals surface area contributed by atoms with Crippen LogP contribution in [0.2, 0.25) is 0 Å². The highest BCUT2D eigenvalue weighted by atomic mass is 16.5. The van der Waals surface area contributed by atoms with E-state index in [0.29, 0.717) is 24.5 Å². The fraction of sp³-hybridized carbons (Fsp3) is 0.533. The monoisotopic (exact) mass is 278 g/mol. The molecule has 1 saturated heterocycles. The van der Waals surface area contributed by atoms with Crippen molar-refractivity contribution in [1.29, 1.82) is 0 Å². The molecule has 1 aliphatic heterocycles. The fourth-order valence-electron chi connectivity index (χ4n) is 2.46. The molecule has 20 heavy (non-hydrogen) atoms. The molecule has 0 saturated carbocycles. The molecule has 2 rings (SSSR count). The molecule has 1 fully saturated rings. The summed E-state index contributed by atoms with van der Waals surface area (Å²) in [5.41, 5.74) is 1.77. The van der Waals surface area contributed by atoms with Crippen LogP contribution in [0, 0.1) is 6.92 Å². The number of nitrogens with zero attached hydrogens (tertiary/aromatic N) is 1. The number of amides is 2. The molecule has 5 heteroatoms. The zero-order chi connectivity index (χ0) is 14.7. The van der Waals surface area contributed by atoms with Gasteiger partial charge in [-0.2, -0.15) is 0 Å². The van der Waals surface area contributed by atoms with Crippen molar-refractivity contribution in [2.75, 3.05) is 25.5 Å². The van der Waals surface area contributed by atoms with Crippen molar-refractivity contribution in [3.05, 3.63) is 23.8 Å². The standard InChI is InChI=1S/C15H22N2O3/c1-10-5-6-14(19-4)13(7-10)16-15(18)17-8-11(2)20-12(3)9-17/h5-7,11-12H,8-9H2,1-4H3,(H,16,18)/t11-,12-/m0/s1. The van der Waals surface area contributed by atoms with E-state index in [4.69, 9.17) is 9.47 Å². The summed E-state index contributed by atoms with van der Waals surface area (Å²) in [4.78, 5) is 14.1. The van der Waals surface area contributed by atoms with Gasteiger partial charge in [0.05, 0.1) is 25.0 Å². The first-order valence-electron chi connectivity index (χ1n) is 6.85. The Labute approximate surface area is 119 Å². The summed E-state index contributed by atoms with van der Waals surface area (Å²) in [6, 6.07) is 5.60. The van der Waals surface area contributed by atoms with Crippen molar-refractivity contribution in [2.45, 2.75) is 33.0 Å². The van der Waals surface area contributed by atoms with Gasteiger partial charge >= 0.3 is 6.03 Å². The van der Waals surface area contributed by atoms with Gasteiger partial charge in [0, 0.05) is 13.1 Å². The van der Waals surface area contributed by atoms with Crippen molar-refractivity contribution in [3.63, 3.8) is 0 Å². The lowest BCUT2D eigenvalue weighted by atomic mass is 10.2. The molecule has 1 N–H and O–H groups in total. The van der Waals surface area contributed by atoms with E-state index in [1.165, 1.54) is 0 Å². The van der Waals surface area contributed by atoms with Crippen LogP contribution >= 0.6 is 0 Å². The quantitative estimate of drug-likeness (QED) is 0.904. The Kier molecular flexibility index (Phi) is 4.49. The highest BCUT2D eigenvalue weighted by molar-refractivity contribution is 5.91. The van der Waals surface area contributed by atoms with Gasteiger partial charge in [0.2, 0.25) is 0 Å². The molecule has 2 amide bonds. The fourth-order valence-corrected chi connectivity index (χ4v) is 2.46. The zero-order valence-electron chi connectivity index (χ0n) is 12.5. The highest BCUT2D eigenvalue weighted by Crippen LogP contribution is 2.25. The van der Waals surface area contributed by atoms with Crippen LogP contribution in [-0.4, -0.2) is 43.3 Å². The maximum Gasteiger partial charge on any atom is 0.322 e. The van der Waals surface area contributed by atoms with Gasteiger partial charge in [-0.1, -0.05) is 6.07 Å². The number of morpholine rings is 1. The van der Waals surface area contributed by atoms with Crippen LogP contribution in [0.3, 0.4) is 0 Å². The second-order valence-electron chi connectivity index (χ2n) is 5.30. The Morgan fingerprint density at radius 3 is 2.60 bits per heavy atom. The Balaban J connectivity index is 2.09. The van der Waals surface area contributed by atoms with Crippen LogP contribution in [0.15, 0.2) is 18.2 Å². The van der Waals surface area contributed by atoms with Crippen molar-refractivity contribution < 1.29 is 14.3 Å². The van der Waals surface area contributed by atoms with E-state index < -0.39 is 0 Å². The number of anilines is 1. The van der Waals surface area contributed by atoms with Gasteiger partial charge in [0.25, 0.3) is 0 Å². The molecular formula is C15H22N2O3. The molecule has 0 bridgehead atoms. The number of hydrogen-bond acceptors (Lipinski definition) is 3. The second-order valence-corrected chi connectivity index (χ2v) is 5.30. The van der Waals surface area contributed by atoms with Gasteiger partial charge in [0.1, 0.15) is 5.75 Å². The summed E-state index contributed by atoms with van der Waals surface area (Å²) in [6.07, 6.45) is 0.118. The van der Waals surface area contributed by atoms with Gasteiger partial charge in [-0.25, -0.2) is 4.79 Å². The normalized spacial score (nSPS) is 22.5. The summed E-state index contributed by atoms with van der Waals surface area (Å²) < 4.78 is 10.9. The molecule has 0 unspecified atom stereocenters. The maximum atomic E-state index is 12.3. The van der Waals surface area contributed by atoms with E-state index in [1.807, 2.05) is 39.0 Å². The molecule has 1 aromatic carbocycles. The predicted octanol–water partition coefficient (Wildman–Crippen LogP) is 2.64. The molecule has 1 heterocycles. The number of urea groups is 1. The third-order valence-corrected chi connectivity index (χ3v) is 3.30. The Bertz CT molecular complexity index is 480. The molecular weight excluding hydrogens is 256 g/mol. The Hall–Kier alpha value is -1.75. The first-order chi connectivity index (χ1) is 9.49. The lowest BCUT2D eigenvalue weighted by molar-refractivity contribution is -0.0530. The topological polar surface area (TPSA) is 50.8 Å². The summed E-state index contributed by atoms with van der Waals surface area (Å²) in [5.74, 6) is 0.665. The van der Waals surface area contributed by atoms with Gasteiger partial charge < -0.3 is 19.7 Å². The van der Waals surface area contributed by atoms with E-state index in [2.05, 4.69) is 5.32 Å². The van der Waals surface area contributed by atoms with Crippen LogP contribution < -0.4 is 10.1 Å².